The largest absolute Gasteiger partial charge is 0.481 e. The van der Waals surface area contributed by atoms with Crippen LogP contribution < -0.4 is 5.32 Å². The van der Waals surface area contributed by atoms with Crippen molar-refractivity contribution in [3.05, 3.63) is 58.9 Å². The molecule has 0 radical (unpaired) electrons. The Bertz CT molecular complexity index is 735. The number of aromatic nitrogens is 1. The van der Waals surface area contributed by atoms with E-state index in [0.717, 1.165) is 11.4 Å². The minimum atomic E-state index is -0.918. The predicted molar refractivity (Wildman–Crippen MR) is 93.3 cm³/mol. The summed E-state index contributed by atoms with van der Waals surface area (Å²) in [5, 5.41) is 11.6. The summed E-state index contributed by atoms with van der Waals surface area (Å²) in [5.41, 5.74) is 3.64. The summed E-state index contributed by atoms with van der Waals surface area (Å²) in [6.07, 6.45) is 0. The number of carboxylic acid groups (broad SMARTS) is 1. The van der Waals surface area contributed by atoms with E-state index in [0.29, 0.717) is 5.56 Å². The van der Waals surface area contributed by atoms with Gasteiger partial charge < -0.3 is 15.0 Å². The molecule has 0 spiro atoms. The summed E-state index contributed by atoms with van der Waals surface area (Å²) in [4.78, 5) is 23.3. The number of nitrogens with one attached hydrogen (secondary N) is 1. The van der Waals surface area contributed by atoms with Crippen LogP contribution in [0.5, 0.6) is 0 Å². The van der Waals surface area contributed by atoms with E-state index >= 15 is 0 Å². The van der Waals surface area contributed by atoms with Gasteiger partial charge in [-0.3, -0.25) is 9.59 Å². The number of aliphatic carboxylic acids is 1. The summed E-state index contributed by atoms with van der Waals surface area (Å²) in [6.45, 7) is 7.68. The van der Waals surface area contributed by atoms with Gasteiger partial charge in [0.15, 0.2) is 0 Å². The third-order valence-corrected chi connectivity index (χ3v) is 4.39. The lowest BCUT2D eigenvalue weighted by Gasteiger charge is -2.19. The van der Waals surface area contributed by atoms with E-state index in [-0.39, 0.29) is 18.5 Å². The third-order valence-electron chi connectivity index (χ3n) is 4.39. The maximum absolute atomic E-state index is 12.4. The van der Waals surface area contributed by atoms with Crippen LogP contribution in [0.4, 0.5) is 0 Å². The minimum absolute atomic E-state index is 0.116. The van der Waals surface area contributed by atoms with Crippen molar-refractivity contribution in [2.24, 2.45) is 5.92 Å². The summed E-state index contributed by atoms with van der Waals surface area (Å²) in [7, 11) is 0. The number of carboxylic acids is 1. The number of aryl methyl sites for hydroxylation is 1. The molecule has 5 nitrogen and oxygen atoms in total. The smallest absolute Gasteiger partial charge is 0.308 e. The molecule has 1 amide bonds. The van der Waals surface area contributed by atoms with Gasteiger partial charge in [0.1, 0.15) is 0 Å². The van der Waals surface area contributed by atoms with Gasteiger partial charge in [0.25, 0.3) is 5.91 Å². The van der Waals surface area contributed by atoms with Crippen molar-refractivity contribution in [3.63, 3.8) is 0 Å². The molecule has 1 heterocycles. The molecule has 0 aliphatic carbocycles. The first kappa shape index (κ1) is 17.8. The zero-order chi connectivity index (χ0) is 17.9. The summed E-state index contributed by atoms with van der Waals surface area (Å²) < 4.78 is 2.13. The van der Waals surface area contributed by atoms with Gasteiger partial charge in [0, 0.05) is 17.9 Å². The average Bonchev–Trinajstić information content (AvgIpc) is 2.87. The van der Waals surface area contributed by atoms with E-state index < -0.39 is 11.9 Å². The molecule has 2 N–H and O–H groups in total. The van der Waals surface area contributed by atoms with E-state index in [4.69, 9.17) is 5.11 Å². The molecule has 5 heteroatoms. The topological polar surface area (TPSA) is 71.3 Å². The lowest BCUT2D eigenvalue weighted by Crippen LogP contribution is -2.31. The fourth-order valence-electron chi connectivity index (χ4n) is 2.91. The Hall–Kier alpha value is -2.56. The molecule has 2 rings (SSSR count). The Kier molecular flexibility index (Phi) is 5.44. The van der Waals surface area contributed by atoms with Crippen LogP contribution in [0.3, 0.4) is 0 Å². The quantitative estimate of drug-likeness (QED) is 0.855. The van der Waals surface area contributed by atoms with E-state index in [2.05, 4.69) is 28.9 Å². The van der Waals surface area contributed by atoms with Gasteiger partial charge in [-0.2, -0.15) is 0 Å². The van der Waals surface area contributed by atoms with Crippen LogP contribution in [0.25, 0.3) is 0 Å². The number of benzene rings is 1. The lowest BCUT2D eigenvalue weighted by molar-refractivity contribution is -0.140. The van der Waals surface area contributed by atoms with Gasteiger partial charge in [-0.05, 0) is 32.4 Å². The monoisotopic (exact) mass is 328 g/mol. The summed E-state index contributed by atoms with van der Waals surface area (Å²) in [6, 6.07) is 12.1. The van der Waals surface area contributed by atoms with Gasteiger partial charge in [0.05, 0.1) is 17.5 Å². The van der Waals surface area contributed by atoms with E-state index in [9.17, 15) is 9.59 Å². The maximum Gasteiger partial charge on any atom is 0.308 e. The molecule has 0 bridgehead atoms. The van der Waals surface area contributed by atoms with E-state index in [1.807, 2.05) is 38.1 Å². The summed E-state index contributed by atoms with van der Waals surface area (Å²) in [5.74, 6) is -1.76. The highest BCUT2D eigenvalue weighted by molar-refractivity contribution is 5.96. The zero-order valence-corrected chi connectivity index (χ0v) is 14.5. The Morgan fingerprint density at radius 2 is 1.79 bits per heavy atom. The molecule has 24 heavy (non-hydrogen) atoms. The molecule has 0 saturated carbocycles. The van der Waals surface area contributed by atoms with E-state index in [1.54, 1.807) is 6.92 Å². The predicted octanol–water partition coefficient (Wildman–Crippen LogP) is 3.16. The molecule has 0 aliphatic heterocycles. The van der Waals surface area contributed by atoms with Crippen molar-refractivity contribution in [1.29, 1.82) is 0 Å². The van der Waals surface area contributed by atoms with Crippen LogP contribution in [0.2, 0.25) is 0 Å². The number of amides is 1. The molecule has 2 aromatic rings. The van der Waals surface area contributed by atoms with Crippen molar-refractivity contribution in [1.82, 2.24) is 9.88 Å². The molecule has 2 atom stereocenters. The molecular weight excluding hydrogens is 304 g/mol. The second kappa shape index (κ2) is 7.34. The third kappa shape index (κ3) is 3.67. The molecular formula is C19H24N2O3. The Morgan fingerprint density at radius 3 is 2.38 bits per heavy atom. The normalized spacial score (nSPS) is 13.3. The second-order valence-electron chi connectivity index (χ2n) is 6.19. The maximum atomic E-state index is 12.4. The van der Waals surface area contributed by atoms with Gasteiger partial charge in [-0.15, -0.1) is 0 Å². The Labute approximate surface area is 142 Å². The van der Waals surface area contributed by atoms with Gasteiger partial charge in [-0.1, -0.05) is 37.3 Å². The van der Waals surface area contributed by atoms with Crippen molar-refractivity contribution in [3.8, 4) is 0 Å². The molecule has 0 fully saturated rings. The zero-order valence-electron chi connectivity index (χ0n) is 14.5. The van der Waals surface area contributed by atoms with Crippen LogP contribution in [0, 0.1) is 19.8 Å². The van der Waals surface area contributed by atoms with Gasteiger partial charge in [-0.25, -0.2) is 0 Å². The number of carbonyl (C=O) groups is 2. The van der Waals surface area contributed by atoms with Crippen molar-refractivity contribution < 1.29 is 14.7 Å². The Morgan fingerprint density at radius 1 is 1.17 bits per heavy atom. The van der Waals surface area contributed by atoms with Gasteiger partial charge in [0.2, 0.25) is 0 Å². The second-order valence-corrected chi connectivity index (χ2v) is 6.19. The number of hydrogen-bond donors (Lipinski definition) is 2. The lowest BCUT2D eigenvalue weighted by atomic mass is 10.1. The highest BCUT2D eigenvalue weighted by atomic mass is 16.4. The number of hydrogen-bond acceptors (Lipinski definition) is 2. The van der Waals surface area contributed by atoms with Crippen molar-refractivity contribution in [2.45, 2.75) is 33.7 Å². The summed E-state index contributed by atoms with van der Waals surface area (Å²) >= 11 is 0. The highest BCUT2D eigenvalue weighted by Crippen LogP contribution is 2.25. The van der Waals surface area contributed by atoms with Crippen LogP contribution in [0.1, 0.15) is 47.2 Å². The molecule has 0 saturated heterocycles. The van der Waals surface area contributed by atoms with Crippen LogP contribution in [0.15, 0.2) is 36.4 Å². The molecule has 128 valence electrons. The van der Waals surface area contributed by atoms with E-state index in [1.165, 1.54) is 5.56 Å². The first-order valence-corrected chi connectivity index (χ1v) is 8.07. The fraction of sp³-hybridized carbons (Fsp3) is 0.368. The standard InChI is InChI=1S/C19H24N2O3/c1-12(19(23)24)11-20-18(22)17-10-13(2)21(15(17)4)14(3)16-8-6-5-7-9-16/h5-10,12,14H,11H2,1-4H3,(H,20,22)(H,23,24). The average molecular weight is 328 g/mol. The molecule has 1 aromatic heterocycles. The van der Waals surface area contributed by atoms with Gasteiger partial charge >= 0.3 is 5.97 Å². The van der Waals surface area contributed by atoms with Crippen LogP contribution in [-0.2, 0) is 4.79 Å². The first-order chi connectivity index (χ1) is 11.3. The Balaban J connectivity index is 2.22. The van der Waals surface area contributed by atoms with Crippen LogP contribution >= 0.6 is 0 Å². The SMILES string of the molecule is Cc1cc(C(=O)NCC(C)C(=O)O)c(C)n1C(C)c1ccccc1. The highest BCUT2D eigenvalue weighted by Gasteiger charge is 2.20. The molecule has 1 aromatic carbocycles. The van der Waals surface area contributed by atoms with Crippen molar-refractivity contribution >= 4 is 11.9 Å². The first-order valence-electron chi connectivity index (χ1n) is 8.07. The molecule has 0 aliphatic rings. The number of rotatable bonds is 6. The number of nitrogens with zero attached hydrogens (tertiary/aromatic N) is 1. The van der Waals surface area contributed by atoms with Crippen LogP contribution in [-0.4, -0.2) is 28.1 Å². The van der Waals surface area contributed by atoms with Crippen molar-refractivity contribution in [2.75, 3.05) is 6.54 Å². The fourth-order valence-corrected chi connectivity index (χ4v) is 2.91. The minimum Gasteiger partial charge on any atom is -0.481 e. The number of carbonyl (C=O) groups excluding carboxylic acids is 1. The molecule has 2 unspecified atom stereocenters.